The average Bonchev–Trinajstić information content (AvgIpc) is 2.06. The van der Waals surface area contributed by atoms with Crippen LogP contribution in [0.1, 0.15) is 34.6 Å². The second-order valence-electron chi connectivity index (χ2n) is 4.12. The van der Waals surface area contributed by atoms with Gasteiger partial charge in [-0.05, 0) is 0 Å². The van der Waals surface area contributed by atoms with Crippen LogP contribution in [0.15, 0.2) is 22.3 Å². The molecule has 0 unspecified atom stereocenters. The van der Waals surface area contributed by atoms with Gasteiger partial charge in [0.2, 0.25) is 0 Å². The topological polar surface area (TPSA) is 0 Å². The first-order valence-corrected chi connectivity index (χ1v) is 7.10. The Bertz CT molecular complexity index is 228. The van der Waals surface area contributed by atoms with Gasteiger partial charge < -0.3 is 0 Å². The van der Waals surface area contributed by atoms with Gasteiger partial charge in [0.25, 0.3) is 0 Å². The van der Waals surface area contributed by atoms with Crippen molar-refractivity contribution in [2.24, 2.45) is 0 Å². The quantitative estimate of drug-likeness (QED) is 0.621. The molecule has 1 rings (SSSR count). The van der Waals surface area contributed by atoms with Gasteiger partial charge >= 0.3 is 84.5 Å². The van der Waals surface area contributed by atoms with Gasteiger partial charge in [-0.3, -0.25) is 0 Å². The minimum atomic E-state index is 0.524. The fourth-order valence-corrected chi connectivity index (χ4v) is 3.92. The average molecular weight is 252 g/mol. The van der Waals surface area contributed by atoms with E-state index in [1.54, 1.807) is 22.3 Å². The predicted octanol–water partition coefficient (Wildman–Crippen LogP) is 2.48. The van der Waals surface area contributed by atoms with Crippen LogP contribution in [0.5, 0.6) is 0 Å². The first-order chi connectivity index (χ1) is 4.89. The molecule has 1 aliphatic carbocycles. The van der Waals surface area contributed by atoms with Crippen molar-refractivity contribution in [3.8, 4) is 0 Å². The molecule has 0 saturated heterocycles. The van der Waals surface area contributed by atoms with Gasteiger partial charge in [0, 0.05) is 0 Å². The third kappa shape index (κ3) is 1.22. The standard InChI is InChI=1S/C10H15.In.2H/c1-6-7(2)9(4)10(5)8(6)3;;;/h1-5H3;;;. The SMILES string of the molecule is CC1=C(C)[C](C)([InH2])C(C)=C1C. The number of hydrogen-bond donors (Lipinski definition) is 0. The summed E-state index contributed by atoms with van der Waals surface area (Å²) in [7, 11) is 0. The molecule has 0 bridgehead atoms. The summed E-state index contributed by atoms with van der Waals surface area (Å²) < 4.78 is 0.524. The van der Waals surface area contributed by atoms with Gasteiger partial charge in [-0.1, -0.05) is 0 Å². The maximum absolute atomic E-state index is 2.40. The van der Waals surface area contributed by atoms with E-state index < -0.39 is 0 Å². The van der Waals surface area contributed by atoms with Crippen molar-refractivity contribution in [3.63, 3.8) is 0 Å². The number of rotatable bonds is 0. The summed E-state index contributed by atoms with van der Waals surface area (Å²) in [5.41, 5.74) is 6.35. The minimum absolute atomic E-state index is 0.524. The molecule has 0 heterocycles. The van der Waals surface area contributed by atoms with Crippen molar-refractivity contribution < 1.29 is 0 Å². The van der Waals surface area contributed by atoms with Crippen molar-refractivity contribution >= 4 is 24.4 Å². The van der Waals surface area contributed by atoms with E-state index >= 15 is 0 Å². The first kappa shape index (κ1) is 9.44. The van der Waals surface area contributed by atoms with Gasteiger partial charge in [-0.25, -0.2) is 0 Å². The zero-order valence-corrected chi connectivity index (χ0v) is 14.2. The molecule has 1 heteroatoms. The van der Waals surface area contributed by atoms with E-state index in [-0.39, 0.29) is 0 Å². The molecule has 0 aromatic rings. The van der Waals surface area contributed by atoms with E-state index in [0.717, 1.165) is 0 Å². The van der Waals surface area contributed by atoms with Crippen LogP contribution in [0, 0.1) is 0 Å². The van der Waals surface area contributed by atoms with Crippen LogP contribution in [-0.2, 0) is 0 Å². The van der Waals surface area contributed by atoms with Crippen LogP contribution in [0.3, 0.4) is 0 Å². The van der Waals surface area contributed by atoms with E-state index in [1.165, 1.54) is 0 Å². The zero-order chi connectivity index (χ0) is 8.81. The molecule has 0 aromatic carbocycles. The number of allylic oxidation sites excluding steroid dienone is 4. The Balaban J connectivity index is 3.27. The van der Waals surface area contributed by atoms with Crippen molar-refractivity contribution in [2.75, 3.05) is 0 Å². The monoisotopic (exact) mass is 252 g/mol. The molecule has 11 heavy (non-hydrogen) atoms. The van der Waals surface area contributed by atoms with Crippen molar-refractivity contribution in [2.45, 2.75) is 37.8 Å². The van der Waals surface area contributed by atoms with Gasteiger partial charge in [-0.2, -0.15) is 0 Å². The molecule has 0 spiro atoms. The molecule has 0 aliphatic heterocycles. The van der Waals surface area contributed by atoms with Gasteiger partial charge in [0.05, 0.1) is 0 Å². The predicted molar refractivity (Wildman–Crippen MR) is 53.7 cm³/mol. The van der Waals surface area contributed by atoms with Crippen molar-refractivity contribution in [1.29, 1.82) is 0 Å². The molecule has 0 radical (unpaired) electrons. The first-order valence-electron chi connectivity index (χ1n) is 4.25. The molecular formula is C10H17In. The van der Waals surface area contributed by atoms with Crippen LogP contribution in [-0.4, -0.2) is 24.4 Å². The Morgan fingerprint density at radius 2 is 1.18 bits per heavy atom. The second-order valence-corrected chi connectivity index (χ2v) is 9.83. The van der Waals surface area contributed by atoms with Gasteiger partial charge in [0.1, 0.15) is 0 Å². The molecule has 0 aromatic heterocycles. The maximum atomic E-state index is 2.40. The Labute approximate surface area is 84.3 Å². The normalized spacial score (nSPS) is 23.4. The molecule has 0 amide bonds. The van der Waals surface area contributed by atoms with Crippen molar-refractivity contribution in [1.82, 2.24) is 0 Å². The van der Waals surface area contributed by atoms with E-state index in [4.69, 9.17) is 0 Å². The summed E-state index contributed by atoms with van der Waals surface area (Å²) in [6.45, 7) is 11.5. The van der Waals surface area contributed by atoms with Crippen LogP contribution in [0.25, 0.3) is 0 Å². The fourth-order valence-electron chi connectivity index (χ4n) is 1.78. The molecule has 1 aliphatic rings. The molecular weight excluding hydrogens is 235 g/mol. The third-order valence-corrected chi connectivity index (χ3v) is 7.84. The summed E-state index contributed by atoms with van der Waals surface area (Å²) in [6.07, 6.45) is 0. The van der Waals surface area contributed by atoms with Crippen LogP contribution in [0.4, 0.5) is 0 Å². The Morgan fingerprint density at radius 1 is 0.909 bits per heavy atom. The van der Waals surface area contributed by atoms with Crippen LogP contribution in [0.2, 0.25) is 3.17 Å². The summed E-state index contributed by atoms with van der Waals surface area (Å²) in [5, 5.41) is 0. The Morgan fingerprint density at radius 3 is 1.27 bits per heavy atom. The summed E-state index contributed by atoms with van der Waals surface area (Å²) in [6, 6.07) is 0. The molecule has 0 atom stereocenters. The van der Waals surface area contributed by atoms with Crippen molar-refractivity contribution in [3.05, 3.63) is 22.3 Å². The molecule has 60 valence electrons. The van der Waals surface area contributed by atoms with E-state index in [9.17, 15) is 0 Å². The molecule has 0 N–H and O–H groups in total. The summed E-state index contributed by atoms with van der Waals surface area (Å²) in [4.78, 5) is 0. The van der Waals surface area contributed by atoms with Gasteiger partial charge in [-0.15, -0.1) is 0 Å². The summed E-state index contributed by atoms with van der Waals surface area (Å²) >= 11 is 0.696. The molecule has 0 saturated carbocycles. The van der Waals surface area contributed by atoms with E-state index in [0.29, 0.717) is 27.5 Å². The molecule has 0 nitrogen and oxygen atoms in total. The number of hydrogen-bond acceptors (Lipinski definition) is 0. The van der Waals surface area contributed by atoms with Crippen LogP contribution >= 0.6 is 0 Å². The zero-order valence-electron chi connectivity index (χ0n) is 8.50. The van der Waals surface area contributed by atoms with E-state index in [1.807, 2.05) is 0 Å². The Kier molecular flexibility index (Phi) is 2.31. The van der Waals surface area contributed by atoms with Crippen LogP contribution < -0.4 is 0 Å². The molecule has 0 fully saturated rings. The third-order valence-electron chi connectivity index (χ3n) is 3.56. The van der Waals surface area contributed by atoms with E-state index in [2.05, 4.69) is 34.6 Å². The Hall–Kier alpha value is 0.350. The second kappa shape index (κ2) is 2.69. The summed E-state index contributed by atoms with van der Waals surface area (Å²) in [5.74, 6) is 0. The van der Waals surface area contributed by atoms with Gasteiger partial charge in [0.15, 0.2) is 0 Å². The fraction of sp³-hybridized carbons (Fsp3) is 0.600.